The summed E-state index contributed by atoms with van der Waals surface area (Å²) in [5, 5.41) is 5.50. The quantitative estimate of drug-likeness (QED) is 0.653. The van der Waals surface area contributed by atoms with Crippen molar-refractivity contribution < 1.29 is 23.0 Å². The number of rotatable bonds is 8. The first-order chi connectivity index (χ1) is 8.31. The third kappa shape index (κ3) is 13.1. The highest BCUT2D eigenvalue weighted by Gasteiger charge is 2.15. The number of amides is 1. The lowest BCUT2D eigenvalue weighted by Crippen LogP contribution is -2.37. The van der Waals surface area contributed by atoms with Crippen LogP contribution >= 0.6 is 0 Å². The molecule has 108 valence electrons. The highest BCUT2D eigenvalue weighted by Crippen LogP contribution is 2.05. The van der Waals surface area contributed by atoms with E-state index in [1.807, 2.05) is 0 Å². The number of alkyl carbamates (subject to hydrolysis) is 1. The summed E-state index contributed by atoms with van der Waals surface area (Å²) < 4.78 is 33.1. The van der Waals surface area contributed by atoms with E-state index in [1.54, 1.807) is 20.8 Å². The Morgan fingerprint density at radius 1 is 1.22 bits per heavy atom. The molecule has 0 atom stereocenters. The minimum absolute atomic E-state index is 0.219. The SMILES string of the molecule is CC(C)(C)OC(=O)NCCNCCOCC(F)F. The molecule has 0 bridgehead atoms. The van der Waals surface area contributed by atoms with Crippen LogP contribution in [0.15, 0.2) is 0 Å². The van der Waals surface area contributed by atoms with Gasteiger partial charge >= 0.3 is 6.09 Å². The van der Waals surface area contributed by atoms with Crippen LogP contribution in [0.3, 0.4) is 0 Å². The summed E-state index contributed by atoms with van der Waals surface area (Å²) >= 11 is 0. The van der Waals surface area contributed by atoms with Crippen LogP contribution in [0.5, 0.6) is 0 Å². The van der Waals surface area contributed by atoms with Gasteiger partial charge in [-0.3, -0.25) is 0 Å². The van der Waals surface area contributed by atoms with Crippen LogP contribution in [-0.2, 0) is 9.47 Å². The van der Waals surface area contributed by atoms with Gasteiger partial charge in [-0.2, -0.15) is 0 Å². The maximum absolute atomic E-state index is 11.7. The van der Waals surface area contributed by atoms with Crippen molar-refractivity contribution in [2.75, 3.05) is 32.8 Å². The van der Waals surface area contributed by atoms with Crippen LogP contribution in [-0.4, -0.2) is 51.0 Å². The van der Waals surface area contributed by atoms with Gasteiger partial charge in [-0.15, -0.1) is 0 Å². The molecular weight excluding hydrogens is 246 g/mol. The standard InChI is InChI=1S/C11H22F2N2O3/c1-11(2,3)18-10(16)15-5-4-14-6-7-17-8-9(12)13/h9,14H,4-8H2,1-3H3,(H,15,16). The Morgan fingerprint density at radius 2 is 1.89 bits per heavy atom. The molecule has 0 fully saturated rings. The zero-order valence-corrected chi connectivity index (χ0v) is 11.1. The molecule has 1 amide bonds. The van der Waals surface area contributed by atoms with E-state index >= 15 is 0 Å². The average molecular weight is 268 g/mol. The number of alkyl halides is 2. The second kappa shape index (κ2) is 9.04. The molecule has 2 N–H and O–H groups in total. The maximum Gasteiger partial charge on any atom is 0.407 e. The van der Waals surface area contributed by atoms with E-state index in [4.69, 9.17) is 4.74 Å². The van der Waals surface area contributed by atoms with Gasteiger partial charge in [0.1, 0.15) is 12.2 Å². The van der Waals surface area contributed by atoms with E-state index in [1.165, 1.54) is 0 Å². The van der Waals surface area contributed by atoms with Gasteiger partial charge in [0.25, 0.3) is 6.43 Å². The summed E-state index contributed by atoms with van der Waals surface area (Å²) in [5.74, 6) is 0. The second-order valence-electron chi connectivity index (χ2n) is 4.64. The van der Waals surface area contributed by atoms with Gasteiger partial charge in [0, 0.05) is 19.6 Å². The fraction of sp³-hybridized carbons (Fsp3) is 0.909. The summed E-state index contributed by atoms with van der Waals surface area (Å²) in [6.07, 6.45) is -2.91. The Kier molecular flexibility index (Phi) is 8.57. The molecule has 0 aliphatic carbocycles. The number of hydrogen-bond donors (Lipinski definition) is 2. The molecule has 0 heterocycles. The van der Waals surface area contributed by atoms with Gasteiger partial charge in [0.15, 0.2) is 0 Å². The molecule has 5 nitrogen and oxygen atoms in total. The van der Waals surface area contributed by atoms with Crippen LogP contribution in [0.2, 0.25) is 0 Å². The zero-order chi connectivity index (χ0) is 14.0. The average Bonchev–Trinajstić information content (AvgIpc) is 2.18. The lowest BCUT2D eigenvalue weighted by molar-refractivity contribution is 0.0187. The molecule has 0 saturated carbocycles. The summed E-state index contributed by atoms with van der Waals surface area (Å²) in [6, 6.07) is 0. The maximum atomic E-state index is 11.7. The smallest absolute Gasteiger partial charge is 0.407 e. The molecule has 7 heteroatoms. The molecule has 0 unspecified atom stereocenters. The van der Waals surface area contributed by atoms with Crippen molar-refractivity contribution in [2.45, 2.75) is 32.8 Å². The van der Waals surface area contributed by atoms with Crippen molar-refractivity contribution >= 4 is 6.09 Å². The molecule has 0 aliphatic heterocycles. The lowest BCUT2D eigenvalue weighted by Gasteiger charge is -2.19. The van der Waals surface area contributed by atoms with Crippen molar-refractivity contribution in [2.24, 2.45) is 0 Å². The minimum Gasteiger partial charge on any atom is -0.444 e. The van der Waals surface area contributed by atoms with Gasteiger partial charge in [0.05, 0.1) is 6.61 Å². The number of ether oxygens (including phenoxy) is 2. The Morgan fingerprint density at radius 3 is 2.44 bits per heavy atom. The van der Waals surface area contributed by atoms with E-state index in [0.29, 0.717) is 19.6 Å². The topological polar surface area (TPSA) is 59.6 Å². The molecule has 0 radical (unpaired) electrons. The second-order valence-corrected chi connectivity index (χ2v) is 4.64. The number of carbonyl (C=O) groups excluding carboxylic acids is 1. The van der Waals surface area contributed by atoms with E-state index in [0.717, 1.165) is 0 Å². The molecule has 0 aromatic rings. The zero-order valence-electron chi connectivity index (χ0n) is 11.1. The van der Waals surface area contributed by atoms with Crippen LogP contribution in [0.25, 0.3) is 0 Å². The Balaban J connectivity index is 3.28. The fourth-order valence-electron chi connectivity index (χ4n) is 1.01. The first kappa shape index (κ1) is 17.1. The fourth-order valence-corrected chi connectivity index (χ4v) is 1.01. The first-order valence-corrected chi connectivity index (χ1v) is 5.85. The number of halogens is 2. The lowest BCUT2D eigenvalue weighted by atomic mass is 10.2. The van der Waals surface area contributed by atoms with E-state index in [-0.39, 0.29) is 6.61 Å². The predicted octanol–water partition coefficient (Wildman–Crippen LogP) is 1.38. The van der Waals surface area contributed by atoms with Gasteiger partial charge in [0.2, 0.25) is 0 Å². The van der Waals surface area contributed by atoms with Crippen molar-refractivity contribution in [1.82, 2.24) is 10.6 Å². The van der Waals surface area contributed by atoms with Gasteiger partial charge in [-0.1, -0.05) is 0 Å². The van der Waals surface area contributed by atoms with E-state index in [9.17, 15) is 13.6 Å². The summed E-state index contributed by atoms with van der Waals surface area (Å²) in [4.78, 5) is 11.2. The van der Waals surface area contributed by atoms with Gasteiger partial charge in [-0.05, 0) is 20.8 Å². The normalized spacial score (nSPS) is 11.7. The van der Waals surface area contributed by atoms with Crippen LogP contribution in [0, 0.1) is 0 Å². The molecular formula is C11H22F2N2O3. The van der Waals surface area contributed by atoms with Crippen LogP contribution < -0.4 is 10.6 Å². The minimum atomic E-state index is -2.43. The molecule has 0 rings (SSSR count). The molecule has 0 saturated heterocycles. The van der Waals surface area contributed by atoms with Gasteiger partial charge in [-0.25, -0.2) is 13.6 Å². The van der Waals surface area contributed by atoms with Crippen molar-refractivity contribution in [3.8, 4) is 0 Å². The van der Waals surface area contributed by atoms with Crippen molar-refractivity contribution in [3.05, 3.63) is 0 Å². The highest BCUT2D eigenvalue weighted by atomic mass is 19.3. The van der Waals surface area contributed by atoms with Gasteiger partial charge < -0.3 is 20.1 Å². The van der Waals surface area contributed by atoms with Crippen LogP contribution in [0.1, 0.15) is 20.8 Å². The Labute approximate surface area is 106 Å². The third-order valence-corrected chi connectivity index (χ3v) is 1.64. The Bertz CT molecular complexity index is 233. The highest BCUT2D eigenvalue weighted by molar-refractivity contribution is 5.67. The molecule has 0 aromatic heterocycles. The van der Waals surface area contributed by atoms with Crippen molar-refractivity contribution in [3.63, 3.8) is 0 Å². The van der Waals surface area contributed by atoms with E-state index < -0.39 is 24.7 Å². The number of carbonyl (C=O) groups is 1. The summed E-state index contributed by atoms with van der Waals surface area (Å²) in [7, 11) is 0. The molecule has 18 heavy (non-hydrogen) atoms. The van der Waals surface area contributed by atoms with Crippen LogP contribution in [0.4, 0.5) is 13.6 Å². The largest absolute Gasteiger partial charge is 0.444 e. The van der Waals surface area contributed by atoms with E-state index in [2.05, 4.69) is 15.4 Å². The summed E-state index contributed by atoms with van der Waals surface area (Å²) in [5.41, 5.74) is -0.513. The number of hydrogen-bond acceptors (Lipinski definition) is 4. The van der Waals surface area contributed by atoms with Crippen molar-refractivity contribution in [1.29, 1.82) is 0 Å². The summed E-state index contributed by atoms with van der Waals surface area (Å²) in [6.45, 7) is 6.42. The molecule has 0 aromatic carbocycles. The molecule has 0 spiro atoms. The Hall–Kier alpha value is -0.950. The third-order valence-electron chi connectivity index (χ3n) is 1.64. The monoisotopic (exact) mass is 268 g/mol. The number of nitrogens with one attached hydrogen (secondary N) is 2. The first-order valence-electron chi connectivity index (χ1n) is 5.85. The predicted molar refractivity (Wildman–Crippen MR) is 63.9 cm³/mol. The molecule has 0 aliphatic rings.